The number of nitrogens with one attached hydrogen (secondary N) is 1. The zero-order chi connectivity index (χ0) is 18.5. The monoisotopic (exact) mass is 374 g/mol. The fourth-order valence-corrected chi connectivity index (χ4v) is 2.65. The molecule has 2 aromatic rings. The van der Waals surface area contributed by atoms with E-state index in [0.29, 0.717) is 23.0 Å². The van der Waals surface area contributed by atoms with Gasteiger partial charge in [0, 0.05) is 10.7 Å². The Hall–Kier alpha value is -2.73. The first-order valence-electron chi connectivity index (χ1n) is 8.21. The first kappa shape index (κ1) is 18.1. The molecule has 1 heterocycles. The van der Waals surface area contributed by atoms with Gasteiger partial charge in [0.1, 0.15) is 11.9 Å². The van der Waals surface area contributed by atoms with Crippen molar-refractivity contribution in [2.75, 3.05) is 24.6 Å². The number of halogens is 1. The van der Waals surface area contributed by atoms with E-state index in [1.807, 2.05) is 31.2 Å². The number of aryl methyl sites for hydroxylation is 1. The van der Waals surface area contributed by atoms with Crippen LogP contribution in [0.15, 0.2) is 48.5 Å². The van der Waals surface area contributed by atoms with Gasteiger partial charge in [0.05, 0.1) is 13.1 Å². The van der Waals surface area contributed by atoms with E-state index in [2.05, 4.69) is 5.32 Å². The molecule has 1 unspecified atom stereocenters. The minimum atomic E-state index is -0.442. The van der Waals surface area contributed by atoms with Gasteiger partial charge in [0.25, 0.3) is 5.91 Å². The van der Waals surface area contributed by atoms with E-state index in [9.17, 15) is 9.59 Å². The highest BCUT2D eigenvalue weighted by Gasteiger charge is 2.32. The summed E-state index contributed by atoms with van der Waals surface area (Å²) in [6.45, 7) is 2.48. The molecule has 1 N–H and O–H groups in total. The Balaban J connectivity index is 1.44. The lowest BCUT2D eigenvalue weighted by Crippen LogP contribution is -2.37. The van der Waals surface area contributed by atoms with Gasteiger partial charge in [-0.25, -0.2) is 4.79 Å². The smallest absolute Gasteiger partial charge is 0.414 e. The van der Waals surface area contributed by atoms with Gasteiger partial charge in [-0.1, -0.05) is 29.3 Å². The number of rotatable bonds is 6. The molecule has 1 saturated heterocycles. The topological polar surface area (TPSA) is 67.9 Å². The second kappa shape index (κ2) is 8.10. The Bertz CT molecular complexity index is 777. The van der Waals surface area contributed by atoms with E-state index < -0.39 is 12.2 Å². The molecule has 1 aliphatic heterocycles. The molecule has 26 heavy (non-hydrogen) atoms. The minimum absolute atomic E-state index is 0.0926. The number of hydrogen-bond donors (Lipinski definition) is 1. The summed E-state index contributed by atoms with van der Waals surface area (Å²) < 4.78 is 10.7. The Labute approximate surface area is 156 Å². The summed E-state index contributed by atoms with van der Waals surface area (Å²) in [5.41, 5.74) is 1.83. The van der Waals surface area contributed by atoms with Gasteiger partial charge < -0.3 is 14.8 Å². The molecule has 0 radical (unpaired) electrons. The highest BCUT2D eigenvalue weighted by Crippen LogP contribution is 2.23. The fraction of sp³-hybridized carbons (Fsp3) is 0.263. The molecular weight excluding hydrogens is 356 g/mol. The molecule has 7 heteroatoms. The van der Waals surface area contributed by atoms with Crippen molar-refractivity contribution < 1.29 is 19.1 Å². The lowest BCUT2D eigenvalue weighted by molar-refractivity contribution is -0.123. The van der Waals surface area contributed by atoms with Crippen molar-refractivity contribution in [2.45, 2.75) is 13.0 Å². The van der Waals surface area contributed by atoms with Crippen molar-refractivity contribution in [2.24, 2.45) is 0 Å². The average Bonchev–Trinajstić information content (AvgIpc) is 3.01. The van der Waals surface area contributed by atoms with Crippen molar-refractivity contribution in [1.29, 1.82) is 0 Å². The number of ether oxygens (including phenoxy) is 2. The van der Waals surface area contributed by atoms with Crippen LogP contribution in [0.2, 0.25) is 5.02 Å². The van der Waals surface area contributed by atoms with Crippen LogP contribution in [-0.2, 0) is 9.53 Å². The first-order chi connectivity index (χ1) is 12.5. The molecule has 6 nitrogen and oxygen atoms in total. The first-order valence-corrected chi connectivity index (χ1v) is 8.59. The van der Waals surface area contributed by atoms with E-state index >= 15 is 0 Å². The Morgan fingerprint density at radius 2 is 1.92 bits per heavy atom. The number of hydrogen-bond acceptors (Lipinski definition) is 4. The Morgan fingerprint density at radius 3 is 2.62 bits per heavy atom. The number of carbonyl (C=O) groups is 2. The highest BCUT2D eigenvalue weighted by atomic mass is 35.5. The predicted molar refractivity (Wildman–Crippen MR) is 98.8 cm³/mol. The zero-order valence-corrected chi connectivity index (χ0v) is 15.0. The normalized spacial score (nSPS) is 16.3. The Kier molecular flexibility index (Phi) is 5.63. The minimum Gasteiger partial charge on any atom is -0.484 e. The van der Waals surface area contributed by atoms with Crippen LogP contribution < -0.4 is 15.0 Å². The van der Waals surface area contributed by atoms with Crippen LogP contribution in [0.25, 0.3) is 0 Å². The summed E-state index contributed by atoms with van der Waals surface area (Å²) in [4.78, 5) is 25.4. The molecule has 3 rings (SSSR count). The van der Waals surface area contributed by atoms with E-state index in [0.717, 1.165) is 5.56 Å². The maximum Gasteiger partial charge on any atom is 0.414 e. The van der Waals surface area contributed by atoms with Crippen molar-refractivity contribution in [3.8, 4) is 5.75 Å². The van der Waals surface area contributed by atoms with Crippen molar-refractivity contribution in [3.05, 3.63) is 59.1 Å². The largest absolute Gasteiger partial charge is 0.484 e. The summed E-state index contributed by atoms with van der Waals surface area (Å²) in [5.74, 6) is 0.360. The van der Waals surface area contributed by atoms with E-state index in [1.54, 1.807) is 24.3 Å². The number of cyclic esters (lactones) is 1. The van der Waals surface area contributed by atoms with Crippen molar-refractivity contribution >= 4 is 29.3 Å². The third-order valence-corrected chi connectivity index (χ3v) is 4.18. The summed E-state index contributed by atoms with van der Waals surface area (Å²) in [7, 11) is 0. The molecule has 0 spiro atoms. The van der Waals surface area contributed by atoms with E-state index in [1.165, 1.54) is 4.90 Å². The number of nitrogens with zero attached hydrogens (tertiary/aromatic N) is 1. The van der Waals surface area contributed by atoms with Crippen LogP contribution in [0.5, 0.6) is 5.75 Å². The van der Waals surface area contributed by atoms with Crippen molar-refractivity contribution in [1.82, 2.24) is 5.32 Å². The number of carbonyl (C=O) groups excluding carboxylic acids is 2. The van der Waals surface area contributed by atoms with Gasteiger partial charge in [-0.15, -0.1) is 0 Å². The predicted octanol–water partition coefficient (Wildman–Crippen LogP) is 3.17. The highest BCUT2D eigenvalue weighted by molar-refractivity contribution is 6.30. The maximum atomic E-state index is 12.0. The molecule has 2 amide bonds. The van der Waals surface area contributed by atoms with Crippen LogP contribution in [0.4, 0.5) is 10.5 Å². The van der Waals surface area contributed by atoms with Gasteiger partial charge in [-0.05, 0) is 43.3 Å². The van der Waals surface area contributed by atoms with Gasteiger partial charge in [-0.3, -0.25) is 9.69 Å². The summed E-state index contributed by atoms with van der Waals surface area (Å²) in [5, 5.41) is 3.32. The van der Waals surface area contributed by atoms with E-state index in [-0.39, 0.29) is 19.1 Å². The number of anilines is 1. The second-order valence-corrected chi connectivity index (χ2v) is 6.44. The molecule has 0 saturated carbocycles. The van der Waals surface area contributed by atoms with Crippen LogP contribution >= 0.6 is 11.6 Å². The maximum absolute atomic E-state index is 12.0. The molecule has 0 aliphatic carbocycles. The number of amides is 2. The van der Waals surface area contributed by atoms with Gasteiger partial charge in [0.15, 0.2) is 6.61 Å². The zero-order valence-electron chi connectivity index (χ0n) is 14.3. The fourth-order valence-electron chi connectivity index (χ4n) is 2.52. The molecule has 0 aromatic heterocycles. The van der Waals surface area contributed by atoms with Gasteiger partial charge >= 0.3 is 6.09 Å². The molecular formula is C19H19ClN2O4. The standard InChI is InChI=1S/C19H19ClN2O4/c1-13-2-8-16(9-3-13)25-12-18(23)21-10-17-11-22(19(24)26-17)15-6-4-14(20)5-7-15/h2-9,17H,10-12H2,1H3,(H,21,23). The SMILES string of the molecule is Cc1ccc(OCC(=O)NCC2CN(c3ccc(Cl)cc3)C(=O)O2)cc1. The van der Waals surface area contributed by atoms with Crippen LogP contribution in [-0.4, -0.2) is 37.8 Å². The number of benzene rings is 2. The van der Waals surface area contributed by atoms with Gasteiger partial charge in [0.2, 0.25) is 0 Å². The molecule has 1 fully saturated rings. The summed E-state index contributed by atoms with van der Waals surface area (Å²) in [6.07, 6.45) is -0.857. The summed E-state index contributed by atoms with van der Waals surface area (Å²) in [6, 6.07) is 14.4. The third kappa shape index (κ3) is 4.67. The lowest BCUT2D eigenvalue weighted by atomic mass is 10.2. The molecule has 136 valence electrons. The molecule has 1 aliphatic rings. The molecule has 2 aromatic carbocycles. The molecule has 0 bridgehead atoms. The summed E-state index contributed by atoms with van der Waals surface area (Å²) >= 11 is 5.86. The Morgan fingerprint density at radius 1 is 1.23 bits per heavy atom. The van der Waals surface area contributed by atoms with Crippen LogP contribution in [0.3, 0.4) is 0 Å². The second-order valence-electron chi connectivity index (χ2n) is 6.00. The van der Waals surface area contributed by atoms with Gasteiger partial charge in [-0.2, -0.15) is 0 Å². The molecule has 1 atom stereocenters. The van der Waals surface area contributed by atoms with Crippen LogP contribution in [0.1, 0.15) is 5.56 Å². The average molecular weight is 375 g/mol. The quantitative estimate of drug-likeness (QED) is 0.843. The van der Waals surface area contributed by atoms with Crippen LogP contribution in [0, 0.1) is 6.92 Å². The van der Waals surface area contributed by atoms with E-state index in [4.69, 9.17) is 21.1 Å². The third-order valence-electron chi connectivity index (χ3n) is 3.93. The van der Waals surface area contributed by atoms with Crippen molar-refractivity contribution in [3.63, 3.8) is 0 Å². The lowest BCUT2D eigenvalue weighted by Gasteiger charge is -2.13.